The largest absolute Gasteiger partial charge is 0.385 e. The Morgan fingerprint density at radius 2 is 1.80 bits per heavy atom. The van der Waals surface area contributed by atoms with Crippen molar-refractivity contribution in [3.63, 3.8) is 0 Å². The lowest BCUT2D eigenvalue weighted by Gasteiger charge is -2.30. The molecule has 1 aliphatic heterocycles. The van der Waals surface area contributed by atoms with Gasteiger partial charge in [-0.2, -0.15) is 0 Å². The number of aromatic nitrogens is 1. The lowest BCUT2D eigenvalue weighted by molar-refractivity contribution is 0.0699. The van der Waals surface area contributed by atoms with Gasteiger partial charge in [-0.25, -0.2) is 13.4 Å². The molecule has 35 heavy (non-hydrogen) atoms. The Morgan fingerprint density at radius 1 is 1.06 bits per heavy atom. The van der Waals surface area contributed by atoms with Gasteiger partial charge in [-0.15, -0.1) is 0 Å². The van der Waals surface area contributed by atoms with E-state index in [0.29, 0.717) is 29.6 Å². The summed E-state index contributed by atoms with van der Waals surface area (Å²) in [4.78, 5) is 4.52. The van der Waals surface area contributed by atoms with Crippen molar-refractivity contribution in [1.29, 1.82) is 0 Å². The molecule has 1 saturated heterocycles. The number of nitrogens with one attached hydrogen (secondary N) is 3. The van der Waals surface area contributed by atoms with Crippen molar-refractivity contribution < 1.29 is 13.2 Å². The number of hydrogen-bond acceptors (Lipinski definition) is 7. The summed E-state index contributed by atoms with van der Waals surface area (Å²) in [6.07, 6.45) is 9.28. The molecule has 0 radical (unpaired) electrons. The van der Waals surface area contributed by atoms with Crippen LogP contribution in [0.4, 0.5) is 11.5 Å². The summed E-state index contributed by atoms with van der Waals surface area (Å²) in [7, 11) is -2.92. The second-order valence-corrected chi connectivity index (χ2v) is 12.5. The summed E-state index contributed by atoms with van der Waals surface area (Å²) in [5.74, 6) is 1.67. The molecule has 0 spiro atoms. The van der Waals surface area contributed by atoms with Crippen molar-refractivity contribution in [1.82, 2.24) is 10.3 Å². The highest BCUT2D eigenvalue weighted by molar-refractivity contribution is 7.90. The highest BCUT2D eigenvalue weighted by atomic mass is 35.5. The van der Waals surface area contributed by atoms with Gasteiger partial charge in [0.2, 0.25) is 0 Å². The van der Waals surface area contributed by atoms with E-state index < -0.39 is 9.84 Å². The minimum atomic E-state index is -2.92. The number of sulfone groups is 1. The van der Waals surface area contributed by atoms with Crippen molar-refractivity contribution in [3.05, 3.63) is 41.6 Å². The second kappa shape index (κ2) is 12.4. The van der Waals surface area contributed by atoms with Crippen molar-refractivity contribution in [2.75, 3.05) is 48.9 Å². The van der Waals surface area contributed by atoms with Crippen LogP contribution in [-0.2, 0) is 14.6 Å². The van der Waals surface area contributed by atoms with E-state index in [9.17, 15) is 8.42 Å². The first-order valence-corrected chi connectivity index (χ1v) is 15.0. The van der Waals surface area contributed by atoms with Crippen LogP contribution in [0.15, 0.2) is 36.5 Å². The van der Waals surface area contributed by atoms with Gasteiger partial charge in [0.25, 0.3) is 0 Å². The third-order valence-corrected chi connectivity index (χ3v) is 8.20. The fourth-order valence-corrected chi connectivity index (χ4v) is 5.55. The smallest absolute Gasteiger partial charge is 0.148 e. The highest BCUT2D eigenvalue weighted by Gasteiger charge is 2.21. The van der Waals surface area contributed by atoms with E-state index in [1.165, 1.54) is 6.26 Å². The van der Waals surface area contributed by atoms with Crippen LogP contribution in [0.25, 0.3) is 11.1 Å². The van der Waals surface area contributed by atoms with Gasteiger partial charge >= 0.3 is 0 Å². The molecule has 1 aromatic heterocycles. The Kier molecular flexibility index (Phi) is 9.27. The van der Waals surface area contributed by atoms with Crippen LogP contribution in [0.1, 0.15) is 38.5 Å². The number of benzene rings is 1. The van der Waals surface area contributed by atoms with E-state index in [2.05, 4.69) is 45.2 Å². The van der Waals surface area contributed by atoms with Gasteiger partial charge in [-0.3, -0.25) is 0 Å². The standard InChI is InChI=1S/C26H37ClN4O3S/c1-35(32,33)14-11-28-21-5-7-22(8-6-21)31-26-16-24(25(27)18-30-26)20-3-2-4-23(15-20)29-17-19-9-12-34-13-10-19/h2-4,15-16,18-19,21-22,28-29H,5-14,17H2,1H3,(H,30,31)/t21-,22-. The Morgan fingerprint density at radius 3 is 2.54 bits per heavy atom. The summed E-state index contributed by atoms with van der Waals surface area (Å²) in [6.45, 7) is 3.19. The maximum atomic E-state index is 11.3. The summed E-state index contributed by atoms with van der Waals surface area (Å²) >= 11 is 6.55. The maximum absolute atomic E-state index is 11.3. The van der Waals surface area contributed by atoms with Crippen LogP contribution in [0, 0.1) is 5.92 Å². The lowest BCUT2D eigenvalue weighted by atomic mass is 9.91. The molecular weight excluding hydrogens is 484 g/mol. The Labute approximate surface area is 214 Å². The number of ether oxygens (including phenoxy) is 1. The van der Waals surface area contributed by atoms with Gasteiger partial charge in [0.15, 0.2) is 0 Å². The van der Waals surface area contributed by atoms with E-state index in [1.807, 2.05) is 6.07 Å². The number of pyridine rings is 1. The first-order chi connectivity index (χ1) is 16.9. The number of halogens is 1. The van der Waals surface area contributed by atoms with Crippen LogP contribution in [0.2, 0.25) is 5.02 Å². The summed E-state index contributed by atoms with van der Waals surface area (Å²) in [5.41, 5.74) is 3.13. The first-order valence-electron chi connectivity index (χ1n) is 12.6. The zero-order valence-corrected chi connectivity index (χ0v) is 22.0. The molecule has 1 aliphatic carbocycles. The Hall–Kier alpha value is -1.87. The van der Waals surface area contributed by atoms with Crippen molar-refractivity contribution >= 4 is 32.9 Å². The van der Waals surface area contributed by atoms with E-state index >= 15 is 0 Å². The summed E-state index contributed by atoms with van der Waals surface area (Å²) < 4.78 is 28.1. The van der Waals surface area contributed by atoms with Gasteiger partial charge in [0.1, 0.15) is 15.7 Å². The minimum Gasteiger partial charge on any atom is -0.385 e. The van der Waals surface area contributed by atoms with E-state index in [0.717, 1.165) is 80.9 Å². The topological polar surface area (TPSA) is 92.4 Å². The molecule has 9 heteroatoms. The molecule has 192 valence electrons. The molecule has 2 aromatic rings. The molecule has 0 unspecified atom stereocenters. The highest BCUT2D eigenvalue weighted by Crippen LogP contribution is 2.32. The van der Waals surface area contributed by atoms with E-state index in [1.54, 1.807) is 6.20 Å². The number of hydrogen-bond donors (Lipinski definition) is 3. The molecule has 1 saturated carbocycles. The number of rotatable bonds is 10. The average molecular weight is 521 g/mol. The minimum absolute atomic E-state index is 0.189. The van der Waals surface area contributed by atoms with E-state index in [4.69, 9.17) is 16.3 Å². The van der Waals surface area contributed by atoms with Crippen LogP contribution >= 0.6 is 11.6 Å². The van der Waals surface area contributed by atoms with Gasteiger partial charge in [0, 0.05) is 62.1 Å². The molecule has 0 amide bonds. The zero-order valence-electron chi connectivity index (χ0n) is 20.4. The molecule has 3 N–H and O–H groups in total. The molecule has 2 heterocycles. The third kappa shape index (κ3) is 8.34. The fraction of sp³-hybridized carbons (Fsp3) is 0.577. The van der Waals surface area contributed by atoms with Crippen LogP contribution in [0.3, 0.4) is 0 Å². The average Bonchev–Trinajstić information content (AvgIpc) is 2.85. The summed E-state index contributed by atoms with van der Waals surface area (Å²) in [5, 5.41) is 11.2. The lowest BCUT2D eigenvalue weighted by Crippen LogP contribution is -2.38. The van der Waals surface area contributed by atoms with Gasteiger partial charge < -0.3 is 20.7 Å². The molecule has 0 bridgehead atoms. The number of anilines is 2. The first kappa shape index (κ1) is 26.2. The van der Waals surface area contributed by atoms with Crippen molar-refractivity contribution in [2.45, 2.75) is 50.6 Å². The third-order valence-electron chi connectivity index (χ3n) is 6.95. The fourth-order valence-electron chi connectivity index (χ4n) is 4.85. The molecule has 0 atom stereocenters. The van der Waals surface area contributed by atoms with Crippen molar-refractivity contribution in [3.8, 4) is 11.1 Å². The molecule has 4 rings (SSSR count). The maximum Gasteiger partial charge on any atom is 0.148 e. The zero-order chi connectivity index (χ0) is 24.7. The predicted molar refractivity (Wildman–Crippen MR) is 144 cm³/mol. The van der Waals surface area contributed by atoms with Crippen LogP contribution in [-0.4, -0.2) is 63.8 Å². The van der Waals surface area contributed by atoms with E-state index in [-0.39, 0.29) is 5.75 Å². The normalized spacial score (nSPS) is 21.5. The molecule has 1 aromatic carbocycles. The van der Waals surface area contributed by atoms with Gasteiger partial charge in [-0.1, -0.05) is 23.7 Å². The Balaban J connectivity index is 1.32. The molecule has 2 aliphatic rings. The van der Waals surface area contributed by atoms with Crippen molar-refractivity contribution in [2.24, 2.45) is 5.92 Å². The molecule has 2 fully saturated rings. The van der Waals surface area contributed by atoms with Gasteiger partial charge in [-0.05, 0) is 68.2 Å². The Bertz CT molecular complexity index is 1070. The predicted octanol–water partition coefficient (Wildman–Crippen LogP) is 4.60. The summed E-state index contributed by atoms with van der Waals surface area (Å²) in [6, 6.07) is 11.1. The molecular formula is C26H37ClN4O3S. The quantitative estimate of drug-likeness (QED) is 0.421. The van der Waals surface area contributed by atoms with Crippen LogP contribution in [0.5, 0.6) is 0 Å². The van der Waals surface area contributed by atoms with Gasteiger partial charge in [0.05, 0.1) is 10.8 Å². The SMILES string of the molecule is CS(=O)(=O)CCN[C@H]1CC[C@H](Nc2cc(-c3cccc(NCC4CCOCC4)c3)c(Cl)cn2)CC1. The second-order valence-electron chi connectivity index (χ2n) is 9.84. The number of nitrogens with zero attached hydrogens (tertiary/aromatic N) is 1. The molecule has 7 nitrogen and oxygen atoms in total. The monoisotopic (exact) mass is 520 g/mol. The van der Waals surface area contributed by atoms with Crippen LogP contribution < -0.4 is 16.0 Å².